The minimum Gasteiger partial charge on any atom is -0.491 e. The SMILES string of the molecule is NCC#Cc1c(OCCCS(=O)(=O)O)c(C#CCN)c(OCCCS(=O)(=O)O)c(C(=O)NCCCCCC=O)c1OCCCS(=O)(=O)O. The van der Waals surface area contributed by atoms with Crippen LogP contribution in [0.25, 0.3) is 0 Å². The van der Waals surface area contributed by atoms with Gasteiger partial charge in [-0.1, -0.05) is 30.1 Å². The van der Waals surface area contributed by atoms with Gasteiger partial charge in [0.2, 0.25) is 0 Å². The Hall–Kier alpha value is -3.47. The minimum absolute atomic E-state index is 0.123. The Morgan fingerprint density at radius 3 is 1.46 bits per heavy atom. The third-order valence-electron chi connectivity index (χ3n) is 5.88. The molecule has 0 saturated carbocycles. The molecule has 0 heterocycles. The molecule has 1 amide bonds. The summed E-state index contributed by atoms with van der Waals surface area (Å²) in [5, 5.41) is 2.70. The number of nitrogens with one attached hydrogen (secondary N) is 1. The molecule has 270 valence electrons. The Morgan fingerprint density at radius 2 is 1.08 bits per heavy atom. The van der Waals surface area contributed by atoms with E-state index in [4.69, 9.17) is 30.2 Å². The molecular formula is C28H41N3O14S3. The molecule has 0 atom stereocenters. The van der Waals surface area contributed by atoms with E-state index in [-0.39, 0.29) is 92.7 Å². The van der Waals surface area contributed by atoms with Crippen LogP contribution in [0.5, 0.6) is 17.2 Å². The number of carbonyl (C=O) groups excluding carboxylic acids is 2. The largest absolute Gasteiger partial charge is 0.491 e. The zero-order chi connectivity index (χ0) is 36.2. The van der Waals surface area contributed by atoms with Crippen molar-refractivity contribution in [3.05, 3.63) is 16.7 Å². The second-order valence-electron chi connectivity index (χ2n) is 9.86. The molecule has 0 radical (unpaired) electrons. The van der Waals surface area contributed by atoms with Gasteiger partial charge in [0.1, 0.15) is 23.0 Å². The molecule has 8 N–H and O–H groups in total. The molecule has 0 spiro atoms. The van der Waals surface area contributed by atoms with Crippen LogP contribution in [0.3, 0.4) is 0 Å². The maximum absolute atomic E-state index is 13.8. The summed E-state index contributed by atoms with van der Waals surface area (Å²) < 4.78 is 113. The third kappa shape index (κ3) is 17.6. The lowest BCUT2D eigenvalue weighted by Gasteiger charge is -2.23. The first-order valence-electron chi connectivity index (χ1n) is 14.6. The molecule has 48 heavy (non-hydrogen) atoms. The summed E-state index contributed by atoms with van der Waals surface area (Å²) in [6, 6.07) is 0. The molecule has 1 rings (SSSR count). The van der Waals surface area contributed by atoms with Crippen LogP contribution >= 0.6 is 0 Å². The van der Waals surface area contributed by atoms with Crippen molar-refractivity contribution in [3.8, 4) is 40.9 Å². The first kappa shape index (κ1) is 42.6. The van der Waals surface area contributed by atoms with Crippen LogP contribution in [-0.2, 0) is 35.1 Å². The number of rotatable bonds is 22. The Bertz CT molecular complexity index is 1600. The Labute approximate surface area is 280 Å². The van der Waals surface area contributed by atoms with Gasteiger partial charge in [0.05, 0.1) is 50.2 Å². The van der Waals surface area contributed by atoms with E-state index >= 15 is 0 Å². The maximum atomic E-state index is 13.8. The average molecular weight is 740 g/mol. The van der Waals surface area contributed by atoms with Crippen LogP contribution in [0.1, 0.15) is 66.4 Å². The molecule has 0 aliphatic carbocycles. The highest BCUT2D eigenvalue weighted by Crippen LogP contribution is 2.44. The summed E-state index contributed by atoms with van der Waals surface area (Å²) >= 11 is 0. The van der Waals surface area contributed by atoms with Crippen molar-refractivity contribution in [1.29, 1.82) is 0 Å². The van der Waals surface area contributed by atoms with E-state index in [1.807, 2.05) is 0 Å². The summed E-state index contributed by atoms with van der Waals surface area (Å²) in [5.41, 5.74) is 10.7. The van der Waals surface area contributed by atoms with Gasteiger partial charge in [-0.2, -0.15) is 25.3 Å². The van der Waals surface area contributed by atoms with Crippen LogP contribution in [0.4, 0.5) is 0 Å². The van der Waals surface area contributed by atoms with Gasteiger partial charge in [0, 0.05) is 13.0 Å². The van der Waals surface area contributed by atoms with Crippen LogP contribution in [0, 0.1) is 23.7 Å². The van der Waals surface area contributed by atoms with E-state index in [1.54, 1.807) is 0 Å². The highest BCUT2D eigenvalue weighted by Gasteiger charge is 2.31. The lowest BCUT2D eigenvalue weighted by Crippen LogP contribution is -2.27. The molecule has 0 bridgehead atoms. The monoisotopic (exact) mass is 739 g/mol. The highest BCUT2D eigenvalue weighted by molar-refractivity contribution is 7.86. The average Bonchev–Trinajstić information content (AvgIpc) is 2.98. The van der Waals surface area contributed by atoms with Gasteiger partial charge >= 0.3 is 0 Å². The molecule has 0 aromatic heterocycles. The lowest BCUT2D eigenvalue weighted by atomic mass is 9.99. The van der Waals surface area contributed by atoms with Gasteiger partial charge in [-0.3, -0.25) is 18.5 Å². The number of carbonyl (C=O) groups is 2. The summed E-state index contributed by atoms with van der Waals surface area (Å²) in [4.78, 5) is 24.4. The van der Waals surface area contributed by atoms with E-state index in [1.165, 1.54) is 0 Å². The molecule has 1 aromatic rings. The topological polar surface area (TPSA) is 289 Å². The van der Waals surface area contributed by atoms with Crippen molar-refractivity contribution < 1.29 is 62.7 Å². The molecule has 17 nitrogen and oxygen atoms in total. The quantitative estimate of drug-likeness (QED) is 0.0387. The molecule has 0 fully saturated rings. The number of aldehydes is 1. The zero-order valence-corrected chi connectivity index (χ0v) is 28.6. The first-order valence-corrected chi connectivity index (χ1v) is 19.4. The van der Waals surface area contributed by atoms with Crippen molar-refractivity contribution in [2.24, 2.45) is 11.5 Å². The van der Waals surface area contributed by atoms with Gasteiger partial charge in [0.25, 0.3) is 36.3 Å². The summed E-state index contributed by atoms with van der Waals surface area (Å²) in [6.45, 7) is -1.37. The van der Waals surface area contributed by atoms with Crippen LogP contribution in [0.15, 0.2) is 0 Å². The fourth-order valence-electron chi connectivity index (χ4n) is 3.90. The molecule has 0 aliphatic rings. The second-order valence-corrected chi connectivity index (χ2v) is 14.6. The predicted octanol–water partition coefficient (Wildman–Crippen LogP) is -0.234. The van der Waals surface area contributed by atoms with Gasteiger partial charge in [-0.05, 0) is 32.1 Å². The normalized spacial score (nSPS) is 11.4. The number of hydrogen-bond acceptors (Lipinski definition) is 13. The predicted molar refractivity (Wildman–Crippen MR) is 175 cm³/mol. The molecular weight excluding hydrogens is 699 g/mol. The van der Waals surface area contributed by atoms with Crippen molar-refractivity contribution >= 4 is 42.5 Å². The Morgan fingerprint density at radius 1 is 0.667 bits per heavy atom. The molecule has 1 aromatic carbocycles. The highest BCUT2D eigenvalue weighted by atomic mass is 32.2. The smallest absolute Gasteiger partial charge is 0.264 e. The Kier molecular flexibility index (Phi) is 19.1. The maximum Gasteiger partial charge on any atom is 0.264 e. The first-order chi connectivity index (χ1) is 22.5. The second kappa shape index (κ2) is 21.5. The summed E-state index contributed by atoms with van der Waals surface area (Å²) in [6.07, 6.45) is 2.08. The fraction of sp³-hybridized carbons (Fsp3) is 0.571. The van der Waals surface area contributed by atoms with Crippen LogP contribution < -0.4 is 31.0 Å². The third-order valence-corrected chi connectivity index (χ3v) is 8.30. The van der Waals surface area contributed by atoms with Crippen molar-refractivity contribution in [2.75, 3.05) is 56.7 Å². The minimum atomic E-state index is -4.38. The number of amides is 1. The fourth-order valence-corrected chi connectivity index (χ4v) is 5.34. The number of ether oxygens (including phenoxy) is 3. The molecule has 0 saturated heterocycles. The summed E-state index contributed by atoms with van der Waals surface area (Å²) in [5.74, 6) is 7.04. The standard InChI is InChI=1S/C28H41N3O14S3/c29-12-5-10-22-25(43-16-7-19-46(34,35)36)23(11-6-13-30)27(45-18-9-21-48(40,41)42)24(26(22)44-17-8-20-47(37,38)39)28(33)31-14-3-1-2-4-15-32/h15H,1-4,7-9,12-14,16-21,29-30H2,(H,31,33)(H,34,35,36)(H,37,38,39)(H,40,41,42). The van der Waals surface area contributed by atoms with Crippen molar-refractivity contribution in [2.45, 2.75) is 44.9 Å². The molecule has 0 aliphatic heterocycles. The van der Waals surface area contributed by atoms with E-state index < -0.39 is 53.5 Å². The molecule has 20 heteroatoms. The number of nitrogens with two attached hydrogens (primary N) is 2. The number of benzene rings is 1. The van der Waals surface area contributed by atoms with Crippen molar-refractivity contribution in [1.82, 2.24) is 5.32 Å². The Balaban J connectivity index is 3.99. The lowest BCUT2D eigenvalue weighted by molar-refractivity contribution is -0.107. The van der Waals surface area contributed by atoms with Crippen molar-refractivity contribution in [3.63, 3.8) is 0 Å². The van der Waals surface area contributed by atoms with Gasteiger partial charge in [-0.25, -0.2) is 0 Å². The van der Waals surface area contributed by atoms with E-state index in [0.29, 0.717) is 25.7 Å². The zero-order valence-electron chi connectivity index (χ0n) is 26.1. The molecule has 0 unspecified atom stereocenters. The van der Waals surface area contributed by atoms with E-state index in [2.05, 4.69) is 29.0 Å². The van der Waals surface area contributed by atoms with Crippen LogP contribution in [-0.4, -0.2) is 108 Å². The summed E-state index contributed by atoms with van der Waals surface area (Å²) in [7, 11) is -13.1. The number of hydrogen-bond donors (Lipinski definition) is 6. The van der Waals surface area contributed by atoms with Crippen LogP contribution in [0.2, 0.25) is 0 Å². The number of unbranched alkanes of at least 4 members (excludes halogenated alkanes) is 3. The van der Waals surface area contributed by atoms with E-state index in [0.717, 1.165) is 6.29 Å². The van der Waals surface area contributed by atoms with Gasteiger partial charge < -0.3 is 35.8 Å². The van der Waals surface area contributed by atoms with Gasteiger partial charge in [0.15, 0.2) is 17.2 Å². The van der Waals surface area contributed by atoms with Gasteiger partial charge in [-0.15, -0.1) is 0 Å². The van der Waals surface area contributed by atoms with E-state index in [9.17, 15) is 43.9 Å².